The number of likely N-dealkylation sites (N-methyl/N-ethyl adjacent to an activating group) is 2. The average molecular weight is 442 g/mol. The molecule has 162 valence electrons. The molecule has 1 aromatic heterocycles. The summed E-state index contributed by atoms with van der Waals surface area (Å²) in [6.45, 7) is 0.666. The molecule has 3 N–H and O–H groups in total. The molecule has 0 radical (unpaired) electrons. The van der Waals surface area contributed by atoms with Gasteiger partial charge in [0.2, 0.25) is 5.91 Å². The lowest BCUT2D eigenvalue weighted by molar-refractivity contribution is -0.125. The van der Waals surface area contributed by atoms with Gasteiger partial charge in [-0.05, 0) is 52.4 Å². The van der Waals surface area contributed by atoms with Crippen LogP contribution in [-0.2, 0) is 11.3 Å². The molecule has 0 bridgehead atoms. The van der Waals surface area contributed by atoms with E-state index in [9.17, 15) is 4.79 Å². The molecule has 5 heteroatoms. The van der Waals surface area contributed by atoms with Gasteiger partial charge in [0.15, 0.2) is 0 Å². The maximum Gasteiger partial charge on any atom is 0.241 e. The summed E-state index contributed by atoms with van der Waals surface area (Å²) in [7, 11) is 3.66. The Bertz CT molecular complexity index is 1190. The summed E-state index contributed by atoms with van der Waals surface area (Å²) >= 11 is 1.66. The van der Waals surface area contributed by atoms with E-state index >= 15 is 0 Å². The molecule has 1 heterocycles. The number of benzene rings is 3. The van der Waals surface area contributed by atoms with Crippen LogP contribution in [0.15, 0.2) is 90.3 Å². The minimum atomic E-state index is -0.339. The Morgan fingerprint density at radius 3 is 2.31 bits per heavy atom. The summed E-state index contributed by atoms with van der Waals surface area (Å²) in [5.41, 5.74) is 12.5. The lowest BCUT2D eigenvalue weighted by atomic mass is 10.00. The van der Waals surface area contributed by atoms with Gasteiger partial charge in [0, 0.05) is 13.6 Å². The number of hydrogen-bond acceptors (Lipinski definition) is 4. The molecule has 0 aliphatic rings. The fraction of sp³-hybridized carbons (Fsp3) is 0.148. The van der Waals surface area contributed by atoms with Crippen molar-refractivity contribution in [1.29, 1.82) is 0 Å². The lowest BCUT2D eigenvalue weighted by Crippen LogP contribution is -2.36. The quantitative estimate of drug-likeness (QED) is 0.393. The van der Waals surface area contributed by atoms with Crippen molar-refractivity contribution in [2.24, 2.45) is 0 Å². The maximum absolute atomic E-state index is 12.6. The Morgan fingerprint density at radius 2 is 1.66 bits per heavy atom. The lowest BCUT2D eigenvalue weighted by Gasteiger charge is -2.27. The van der Waals surface area contributed by atoms with E-state index in [0.717, 1.165) is 38.4 Å². The third-order valence-corrected chi connectivity index (χ3v) is 6.57. The van der Waals surface area contributed by atoms with E-state index in [1.165, 1.54) is 0 Å². The average Bonchev–Trinajstić information content (AvgIpc) is 3.26. The standard InChI is InChI=1S/C27H27N3OS/c1-29-27(31)25(21-7-4-3-5-8-21)30(2)18-19-11-13-20(14-12-19)22-9-6-10-23(17-22)26-24(28)15-16-32-26/h3-17,25H,18,28H2,1-2H3,(H,29,31)/t25-/m0/s1. The van der Waals surface area contributed by atoms with Crippen molar-refractivity contribution in [2.75, 3.05) is 19.8 Å². The third kappa shape index (κ3) is 4.74. The van der Waals surface area contributed by atoms with E-state index in [2.05, 4.69) is 58.7 Å². The number of anilines is 1. The van der Waals surface area contributed by atoms with Crippen LogP contribution in [0.5, 0.6) is 0 Å². The smallest absolute Gasteiger partial charge is 0.241 e. The number of hydrogen-bond donors (Lipinski definition) is 2. The number of carbonyl (C=O) groups excluding carboxylic acids is 1. The van der Waals surface area contributed by atoms with E-state index in [4.69, 9.17) is 5.73 Å². The van der Waals surface area contributed by atoms with Gasteiger partial charge in [0.1, 0.15) is 6.04 Å². The van der Waals surface area contributed by atoms with Crippen molar-refractivity contribution in [3.63, 3.8) is 0 Å². The van der Waals surface area contributed by atoms with Gasteiger partial charge in [0.05, 0.1) is 10.6 Å². The summed E-state index contributed by atoms with van der Waals surface area (Å²) in [5, 5.41) is 4.81. The van der Waals surface area contributed by atoms with E-state index in [1.807, 2.05) is 48.8 Å². The highest BCUT2D eigenvalue weighted by Gasteiger charge is 2.24. The number of nitrogens with two attached hydrogens (primary N) is 1. The minimum Gasteiger partial charge on any atom is -0.398 e. The van der Waals surface area contributed by atoms with Gasteiger partial charge in [-0.25, -0.2) is 0 Å². The molecule has 0 spiro atoms. The summed E-state index contributed by atoms with van der Waals surface area (Å²) in [6.07, 6.45) is 0. The zero-order valence-corrected chi connectivity index (χ0v) is 19.1. The van der Waals surface area contributed by atoms with Crippen molar-refractivity contribution in [3.05, 3.63) is 101 Å². The van der Waals surface area contributed by atoms with Crippen LogP contribution in [0.4, 0.5) is 5.69 Å². The number of nitrogens with zero attached hydrogens (tertiary/aromatic N) is 1. The van der Waals surface area contributed by atoms with E-state index in [0.29, 0.717) is 6.54 Å². The molecule has 0 saturated heterocycles. The first-order valence-electron chi connectivity index (χ1n) is 10.6. The van der Waals surface area contributed by atoms with Crippen LogP contribution in [0.2, 0.25) is 0 Å². The molecule has 0 saturated carbocycles. The van der Waals surface area contributed by atoms with E-state index < -0.39 is 0 Å². The van der Waals surface area contributed by atoms with Gasteiger partial charge >= 0.3 is 0 Å². The Hall–Kier alpha value is -3.41. The van der Waals surface area contributed by atoms with Crippen LogP contribution in [0.3, 0.4) is 0 Å². The topological polar surface area (TPSA) is 58.4 Å². The number of rotatable bonds is 7. The molecule has 1 atom stereocenters. The molecule has 0 fully saturated rings. The minimum absolute atomic E-state index is 0.0139. The first-order valence-corrected chi connectivity index (χ1v) is 11.4. The number of carbonyl (C=O) groups is 1. The molecular formula is C27H27N3OS. The van der Waals surface area contributed by atoms with Gasteiger partial charge in [-0.15, -0.1) is 11.3 Å². The Kier molecular flexibility index (Phi) is 6.69. The predicted octanol–water partition coefficient (Wildman–Crippen LogP) is 5.58. The Balaban J connectivity index is 1.53. The van der Waals surface area contributed by atoms with E-state index in [-0.39, 0.29) is 11.9 Å². The zero-order valence-electron chi connectivity index (χ0n) is 18.3. The van der Waals surface area contributed by atoms with Crippen LogP contribution in [-0.4, -0.2) is 24.9 Å². The molecule has 4 nitrogen and oxygen atoms in total. The first-order chi connectivity index (χ1) is 15.6. The molecule has 4 aromatic rings. The maximum atomic E-state index is 12.6. The monoisotopic (exact) mass is 441 g/mol. The molecule has 3 aromatic carbocycles. The van der Waals surface area contributed by atoms with Gasteiger partial charge in [-0.3, -0.25) is 9.69 Å². The first kappa shape index (κ1) is 21.8. The molecule has 1 amide bonds. The molecule has 32 heavy (non-hydrogen) atoms. The molecule has 4 rings (SSSR count). The molecule has 0 aliphatic heterocycles. The number of amides is 1. The molecular weight excluding hydrogens is 414 g/mol. The second-order valence-electron chi connectivity index (χ2n) is 7.83. The van der Waals surface area contributed by atoms with Gasteiger partial charge in [-0.2, -0.15) is 0 Å². The highest BCUT2D eigenvalue weighted by molar-refractivity contribution is 7.14. The summed E-state index contributed by atoms with van der Waals surface area (Å²) in [6, 6.07) is 28.5. The Morgan fingerprint density at radius 1 is 0.938 bits per heavy atom. The van der Waals surface area contributed by atoms with Crippen molar-refractivity contribution in [2.45, 2.75) is 12.6 Å². The van der Waals surface area contributed by atoms with Gasteiger partial charge in [-0.1, -0.05) is 72.8 Å². The summed E-state index contributed by atoms with van der Waals surface area (Å²) in [5.74, 6) is -0.0139. The largest absolute Gasteiger partial charge is 0.398 e. The van der Waals surface area contributed by atoms with Crippen molar-refractivity contribution in [3.8, 4) is 21.6 Å². The van der Waals surface area contributed by atoms with Crippen molar-refractivity contribution < 1.29 is 4.79 Å². The van der Waals surface area contributed by atoms with Crippen LogP contribution >= 0.6 is 11.3 Å². The SMILES string of the molecule is CNC(=O)[C@H](c1ccccc1)N(C)Cc1ccc(-c2cccc(-c3sccc3N)c2)cc1. The third-order valence-electron chi connectivity index (χ3n) is 5.59. The zero-order chi connectivity index (χ0) is 22.5. The number of nitrogens with one attached hydrogen (secondary N) is 1. The second kappa shape index (κ2) is 9.81. The molecule has 0 aliphatic carbocycles. The highest BCUT2D eigenvalue weighted by atomic mass is 32.1. The summed E-state index contributed by atoms with van der Waals surface area (Å²) in [4.78, 5) is 15.8. The van der Waals surface area contributed by atoms with Gasteiger partial charge in [0.25, 0.3) is 0 Å². The van der Waals surface area contributed by atoms with Crippen LogP contribution in [0, 0.1) is 0 Å². The number of thiophene rings is 1. The van der Waals surface area contributed by atoms with Crippen molar-refractivity contribution in [1.82, 2.24) is 10.2 Å². The Labute approximate surface area is 193 Å². The van der Waals surface area contributed by atoms with Crippen LogP contribution in [0.25, 0.3) is 21.6 Å². The van der Waals surface area contributed by atoms with E-state index in [1.54, 1.807) is 18.4 Å². The van der Waals surface area contributed by atoms with Crippen LogP contribution in [0.1, 0.15) is 17.2 Å². The second-order valence-corrected chi connectivity index (χ2v) is 8.74. The number of nitrogen functional groups attached to an aromatic ring is 1. The summed E-state index contributed by atoms with van der Waals surface area (Å²) < 4.78 is 0. The molecule has 0 unspecified atom stereocenters. The fourth-order valence-corrected chi connectivity index (χ4v) is 4.77. The fourth-order valence-electron chi connectivity index (χ4n) is 3.95. The highest BCUT2D eigenvalue weighted by Crippen LogP contribution is 2.34. The van der Waals surface area contributed by atoms with Crippen molar-refractivity contribution >= 4 is 22.9 Å². The predicted molar refractivity (Wildman–Crippen MR) is 134 cm³/mol. The van der Waals surface area contributed by atoms with Crippen LogP contribution < -0.4 is 11.1 Å². The van der Waals surface area contributed by atoms with Gasteiger partial charge < -0.3 is 11.1 Å². The normalized spacial score (nSPS) is 12.0.